The van der Waals surface area contributed by atoms with Crippen LogP contribution in [0.25, 0.3) is 0 Å². The van der Waals surface area contributed by atoms with E-state index in [4.69, 9.17) is 4.74 Å². The number of carbonyl (C=O) groups excluding carboxylic acids is 1. The van der Waals surface area contributed by atoms with Crippen molar-refractivity contribution in [3.63, 3.8) is 0 Å². The number of carbonyl (C=O) groups is 1. The molecule has 0 N–H and O–H groups in total. The highest BCUT2D eigenvalue weighted by Crippen LogP contribution is 2.25. The van der Waals surface area contributed by atoms with Gasteiger partial charge in [-0.1, -0.05) is 11.3 Å². The molecule has 0 aromatic carbocycles. The van der Waals surface area contributed by atoms with Gasteiger partial charge in [-0.05, 0) is 19.1 Å². The maximum atomic E-state index is 11.9. The van der Waals surface area contributed by atoms with E-state index in [9.17, 15) is 4.79 Å². The number of thiazole rings is 1. The average Bonchev–Trinajstić information content (AvgIpc) is 2.84. The van der Waals surface area contributed by atoms with E-state index < -0.39 is 0 Å². The van der Waals surface area contributed by atoms with E-state index >= 15 is 0 Å². The van der Waals surface area contributed by atoms with Crippen LogP contribution in [0, 0.1) is 6.92 Å². The van der Waals surface area contributed by atoms with Gasteiger partial charge in [0.2, 0.25) is 5.78 Å². The normalized spacial score (nSPS) is 10.3. The van der Waals surface area contributed by atoms with Crippen molar-refractivity contribution in [1.29, 1.82) is 0 Å². The predicted molar refractivity (Wildman–Crippen MR) is 61.2 cm³/mol. The smallest absolute Gasteiger partial charge is 0.273 e. The Balaban J connectivity index is 2.28. The zero-order valence-electron chi connectivity index (χ0n) is 8.31. The summed E-state index contributed by atoms with van der Waals surface area (Å²) < 4.78 is 4.94. The third kappa shape index (κ3) is 2.08. The molecule has 0 aliphatic rings. The molecule has 15 heavy (non-hydrogen) atoms. The third-order valence-corrected chi connectivity index (χ3v) is 3.80. The van der Waals surface area contributed by atoms with Crippen molar-refractivity contribution in [3.05, 3.63) is 33.0 Å². The van der Waals surface area contributed by atoms with Crippen LogP contribution in [0.1, 0.15) is 19.4 Å². The molecular formula is C10H9NO2S2. The summed E-state index contributed by atoms with van der Waals surface area (Å²) >= 11 is 2.76. The van der Waals surface area contributed by atoms with Crippen LogP contribution in [0.5, 0.6) is 5.19 Å². The average molecular weight is 239 g/mol. The van der Waals surface area contributed by atoms with Crippen LogP contribution in [-0.4, -0.2) is 17.9 Å². The highest BCUT2D eigenvalue weighted by Gasteiger charge is 2.14. The second-order valence-corrected chi connectivity index (χ2v) is 5.22. The maximum Gasteiger partial charge on any atom is 0.273 e. The molecule has 0 spiro atoms. The van der Waals surface area contributed by atoms with Gasteiger partial charge in [-0.2, -0.15) is 0 Å². The zero-order valence-corrected chi connectivity index (χ0v) is 9.95. The fourth-order valence-electron chi connectivity index (χ4n) is 1.14. The zero-order chi connectivity index (χ0) is 10.8. The summed E-state index contributed by atoms with van der Waals surface area (Å²) in [5, 5.41) is 0.520. The van der Waals surface area contributed by atoms with Crippen LogP contribution >= 0.6 is 22.7 Å². The van der Waals surface area contributed by atoms with Gasteiger partial charge in [-0.3, -0.25) is 4.79 Å². The monoisotopic (exact) mass is 239 g/mol. The lowest BCUT2D eigenvalue weighted by molar-refractivity contribution is 0.104. The van der Waals surface area contributed by atoms with Crippen molar-refractivity contribution >= 4 is 28.5 Å². The number of hydrogen-bond donors (Lipinski definition) is 0. The second kappa shape index (κ2) is 4.12. The molecule has 0 radical (unpaired) electrons. The van der Waals surface area contributed by atoms with Gasteiger partial charge < -0.3 is 4.74 Å². The fraction of sp³-hybridized carbons (Fsp3) is 0.200. The van der Waals surface area contributed by atoms with Gasteiger partial charge in [0.05, 0.1) is 23.1 Å². The molecule has 2 heterocycles. The molecule has 0 aliphatic carbocycles. The first-order valence-corrected chi connectivity index (χ1v) is 5.95. The summed E-state index contributed by atoms with van der Waals surface area (Å²) in [5.74, 6) is 0.0221. The summed E-state index contributed by atoms with van der Waals surface area (Å²) in [6.45, 7) is 1.98. The lowest BCUT2D eigenvalue weighted by Gasteiger charge is -1.90. The quantitative estimate of drug-likeness (QED) is 0.773. The summed E-state index contributed by atoms with van der Waals surface area (Å²) in [6.07, 6.45) is 1.56. The third-order valence-electron chi connectivity index (χ3n) is 1.85. The number of ketones is 1. The van der Waals surface area contributed by atoms with Crippen LogP contribution in [0.3, 0.4) is 0 Å². The van der Waals surface area contributed by atoms with E-state index in [1.165, 1.54) is 22.7 Å². The maximum absolute atomic E-state index is 11.9. The second-order valence-electron chi connectivity index (χ2n) is 2.93. The molecule has 2 aromatic rings. The number of aromatic nitrogens is 1. The first kappa shape index (κ1) is 10.3. The van der Waals surface area contributed by atoms with E-state index in [-0.39, 0.29) is 5.78 Å². The summed E-state index contributed by atoms with van der Waals surface area (Å²) in [6, 6.07) is 3.78. The molecule has 3 nitrogen and oxygen atoms in total. The van der Waals surface area contributed by atoms with Crippen molar-refractivity contribution in [2.75, 3.05) is 7.11 Å². The Labute approximate surface area is 95.4 Å². The minimum atomic E-state index is 0.0221. The standard InChI is InChI=1S/C10H9NO2S2/c1-6-3-4-7(14-6)9(12)8-5-11-10(13-2)15-8/h3-5H,1-2H3. The molecule has 0 bridgehead atoms. The van der Waals surface area contributed by atoms with E-state index in [0.29, 0.717) is 10.1 Å². The highest BCUT2D eigenvalue weighted by atomic mass is 32.1. The van der Waals surface area contributed by atoms with E-state index in [0.717, 1.165) is 9.75 Å². The van der Waals surface area contributed by atoms with Crippen molar-refractivity contribution < 1.29 is 9.53 Å². The number of aryl methyl sites for hydroxylation is 1. The molecule has 0 amide bonds. The Morgan fingerprint density at radius 3 is 2.67 bits per heavy atom. The number of nitrogens with zero attached hydrogens (tertiary/aromatic N) is 1. The Hall–Kier alpha value is -1.20. The van der Waals surface area contributed by atoms with Crippen molar-refractivity contribution in [2.45, 2.75) is 6.92 Å². The fourth-order valence-corrected chi connectivity index (χ4v) is 2.71. The molecule has 78 valence electrons. The van der Waals surface area contributed by atoms with Crippen molar-refractivity contribution in [3.8, 4) is 5.19 Å². The van der Waals surface area contributed by atoms with Crippen LogP contribution in [0.4, 0.5) is 0 Å². The SMILES string of the molecule is COc1ncc(C(=O)c2ccc(C)s2)s1. The molecular weight excluding hydrogens is 230 g/mol. The van der Waals surface area contributed by atoms with Gasteiger partial charge in [-0.15, -0.1) is 11.3 Å². The lowest BCUT2D eigenvalue weighted by atomic mass is 10.3. The minimum Gasteiger partial charge on any atom is -0.473 e. The van der Waals surface area contributed by atoms with E-state index in [1.54, 1.807) is 13.3 Å². The van der Waals surface area contributed by atoms with Crippen molar-refractivity contribution in [1.82, 2.24) is 4.98 Å². The highest BCUT2D eigenvalue weighted by molar-refractivity contribution is 7.18. The molecule has 0 fully saturated rings. The van der Waals surface area contributed by atoms with E-state index in [2.05, 4.69) is 4.98 Å². The molecule has 5 heteroatoms. The summed E-state index contributed by atoms with van der Waals surface area (Å²) in [4.78, 5) is 18.4. The number of ether oxygens (including phenoxy) is 1. The molecule has 0 aliphatic heterocycles. The summed E-state index contributed by atoms with van der Waals surface area (Å²) in [5.41, 5.74) is 0. The topological polar surface area (TPSA) is 39.2 Å². The van der Waals surface area contributed by atoms with Crippen LogP contribution < -0.4 is 4.74 Å². The van der Waals surface area contributed by atoms with Crippen LogP contribution in [-0.2, 0) is 0 Å². The molecule has 0 saturated heterocycles. The lowest BCUT2D eigenvalue weighted by Crippen LogP contribution is -1.93. The number of hydrogen-bond acceptors (Lipinski definition) is 5. The van der Waals surface area contributed by atoms with Gasteiger partial charge in [0, 0.05) is 4.88 Å². The van der Waals surface area contributed by atoms with Gasteiger partial charge in [-0.25, -0.2) is 4.98 Å². The van der Waals surface area contributed by atoms with Gasteiger partial charge in [0.25, 0.3) is 5.19 Å². The number of methoxy groups -OCH3 is 1. The molecule has 0 unspecified atom stereocenters. The largest absolute Gasteiger partial charge is 0.473 e. The Kier molecular flexibility index (Phi) is 2.83. The molecule has 2 aromatic heterocycles. The summed E-state index contributed by atoms with van der Waals surface area (Å²) in [7, 11) is 1.54. The first-order chi connectivity index (χ1) is 7.20. The van der Waals surface area contributed by atoms with Gasteiger partial charge in [0.1, 0.15) is 0 Å². The molecule has 2 rings (SSSR count). The number of thiophene rings is 1. The van der Waals surface area contributed by atoms with Gasteiger partial charge in [0.15, 0.2) is 0 Å². The van der Waals surface area contributed by atoms with Crippen LogP contribution in [0.2, 0.25) is 0 Å². The first-order valence-electron chi connectivity index (χ1n) is 4.31. The number of rotatable bonds is 3. The Morgan fingerprint density at radius 1 is 1.33 bits per heavy atom. The molecule has 0 saturated carbocycles. The van der Waals surface area contributed by atoms with E-state index in [1.807, 2.05) is 19.1 Å². The Morgan fingerprint density at radius 2 is 2.13 bits per heavy atom. The predicted octanol–water partition coefficient (Wildman–Crippen LogP) is 2.75. The van der Waals surface area contributed by atoms with Crippen molar-refractivity contribution in [2.24, 2.45) is 0 Å². The minimum absolute atomic E-state index is 0.0221. The van der Waals surface area contributed by atoms with Crippen LogP contribution in [0.15, 0.2) is 18.3 Å². The van der Waals surface area contributed by atoms with Gasteiger partial charge >= 0.3 is 0 Å². The Bertz CT molecular complexity index is 487. The molecule has 0 atom stereocenters.